The Kier molecular flexibility index (Phi) is 4.84. The second-order valence-corrected chi connectivity index (χ2v) is 4.44. The van der Waals surface area contributed by atoms with Crippen molar-refractivity contribution in [1.29, 1.82) is 0 Å². The number of nitrogens with one attached hydrogen (secondary N) is 1. The van der Waals surface area contributed by atoms with Crippen molar-refractivity contribution in [3.8, 4) is 0 Å². The average Bonchev–Trinajstić information content (AvgIpc) is 2.48. The summed E-state index contributed by atoms with van der Waals surface area (Å²) in [4.78, 5) is 30.4. The van der Waals surface area contributed by atoms with Crippen molar-refractivity contribution in [2.24, 2.45) is 0 Å². The van der Waals surface area contributed by atoms with Gasteiger partial charge in [-0.3, -0.25) is 10.1 Å². The molecule has 0 saturated carbocycles. The minimum Gasteiger partial charge on any atom is -0.444 e. The van der Waals surface area contributed by atoms with Crippen LogP contribution in [-0.2, 0) is 11.3 Å². The fraction of sp³-hybridized carbons (Fsp3) is 0.143. The molecule has 1 aromatic heterocycles. The average molecular weight is 305 g/mol. The highest BCUT2D eigenvalue weighted by molar-refractivity contribution is 6.68. The van der Waals surface area contributed by atoms with Gasteiger partial charge in [0.2, 0.25) is 0 Å². The zero-order valence-corrected chi connectivity index (χ0v) is 11.8. The molecule has 1 N–H and O–H groups in total. The van der Waals surface area contributed by atoms with Crippen molar-refractivity contribution in [2.75, 3.05) is 5.32 Å². The number of nitrogens with zero attached hydrogens (tertiary/aromatic N) is 2. The summed E-state index contributed by atoms with van der Waals surface area (Å²) in [5.74, 6) is 0. The van der Waals surface area contributed by atoms with Crippen LogP contribution in [0.15, 0.2) is 30.3 Å². The van der Waals surface area contributed by atoms with E-state index >= 15 is 0 Å². The lowest BCUT2D eigenvalue weighted by Crippen LogP contribution is -2.17. The first kappa shape index (κ1) is 14.9. The van der Waals surface area contributed by atoms with Gasteiger partial charge in [-0.15, -0.1) is 0 Å². The number of halogens is 1. The number of hydrogen-bond donors (Lipinski definition) is 1. The fourth-order valence-corrected chi connectivity index (χ4v) is 1.72. The third kappa shape index (κ3) is 4.00. The predicted octanol–water partition coefficient (Wildman–Crippen LogP) is 2.71. The lowest BCUT2D eigenvalue weighted by Gasteiger charge is -2.10. The van der Waals surface area contributed by atoms with E-state index in [-0.39, 0.29) is 18.0 Å². The molecule has 7 heteroatoms. The lowest BCUT2D eigenvalue weighted by molar-refractivity contribution is 0.107. The van der Waals surface area contributed by atoms with Crippen LogP contribution in [0.25, 0.3) is 0 Å². The molecule has 2 rings (SSSR count). The van der Waals surface area contributed by atoms with Crippen LogP contribution in [0.2, 0.25) is 0 Å². The second kappa shape index (κ2) is 6.81. The van der Waals surface area contributed by atoms with Crippen LogP contribution in [-0.4, -0.2) is 21.3 Å². The highest BCUT2D eigenvalue weighted by atomic mass is 35.5. The third-order valence-electron chi connectivity index (χ3n) is 2.60. The molecule has 0 aliphatic heterocycles. The van der Waals surface area contributed by atoms with Crippen molar-refractivity contribution in [2.45, 2.75) is 13.5 Å². The molecule has 107 valence electrons. The van der Waals surface area contributed by atoms with Gasteiger partial charge in [0.15, 0.2) is 12.0 Å². The van der Waals surface area contributed by atoms with Gasteiger partial charge in [0.1, 0.15) is 6.61 Å². The highest BCUT2D eigenvalue weighted by Gasteiger charge is 2.17. The molecular formula is C14H11ClN3O3. The summed E-state index contributed by atoms with van der Waals surface area (Å²) >= 11 is 5.40. The van der Waals surface area contributed by atoms with E-state index in [2.05, 4.69) is 21.6 Å². The number of hydrogen-bond acceptors (Lipinski definition) is 5. The Bertz CT molecular complexity index is 662. The molecule has 0 aliphatic carbocycles. The fourth-order valence-electron chi connectivity index (χ4n) is 1.59. The molecular weight excluding hydrogens is 294 g/mol. The monoisotopic (exact) mass is 304 g/mol. The molecule has 0 unspecified atom stereocenters. The molecule has 1 radical (unpaired) electrons. The van der Waals surface area contributed by atoms with E-state index in [0.717, 1.165) is 5.56 Å². The van der Waals surface area contributed by atoms with Gasteiger partial charge < -0.3 is 4.74 Å². The molecule has 0 bridgehead atoms. The molecule has 0 atom stereocenters. The smallest absolute Gasteiger partial charge is 0.412 e. The van der Waals surface area contributed by atoms with Crippen molar-refractivity contribution >= 4 is 28.6 Å². The van der Waals surface area contributed by atoms with E-state index in [9.17, 15) is 9.59 Å². The number of aryl methyl sites for hydroxylation is 1. The van der Waals surface area contributed by atoms with Crippen molar-refractivity contribution in [3.05, 3.63) is 53.6 Å². The predicted molar refractivity (Wildman–Crippen MR) is 76.0 cm³/mol. The Balaban J connectivity index is 2.05. The van der Waals surface area contributed by atoms with Gasteiger partial charge in [0.05, 0.1) is 11.4 Å². The van der Waals surface area contributed by atoms with E-state index < -0.39 is 11.3 Å². The van der Waals surface area contributed by atoms with Gasteiger partial charge in [-0.25, -0.2) is 14.8 Å². The summed E-state index contributed by atoms with van der Waals surface area (Å²) in [5, 5.41) is 1.61. The number of carbonyl (C=O) groups excluding carboxylic acids is 2. The standard InChI is InChI=1S/C14H11ClN3O3/c1-9-11(12(13(15)19)17-8-16-9)18-14(20)21-7-10-5-3-2-4-6-10/h2-6H,7H2,1H3,(H,18,20). The Hall–Kier alpha value is -2.47. The van der Waals surface area contributed by atoms with E-state index in [1.54, 1.807) is 6.92 Å². The molecule has 2 aromatic rings. The first-order valence-corrected chi connectivity index (χ1v) is 6.38. The number of anilines is 1. The van der Waals surface area contributed by atoms with Crippen molar-refractivity contribution in [1.82, 2.24) is 9.97 Å². The summed E-state index contributed by atoms with van der Waals surface area (Å²) in [6.45, 7) is 1.70. The molecule has 0 saturated heterocycles. The maximum absolute atomic E-state index is 11.8. The summed E-state index contributed by atoms with van der Waals surface area (Å²) in [6.07, 6.45) is 1.56. The van der Waals surface area contributed by atoms with E-state index in [1.165, 1.54) is 0 Å². The van der Waals surface area contributed by atoms with E-state index in [1.807, 2.05) is 30.3 Å². The Morgan fingerprint density at radius 2 is 2.00 bits per heavy atom. The Morgan fingerprint density at radius 3 is 2.67 bits per heavy atom. The van der Waals surface area contributed by atoms with Crippen LogP contribution in [0.4, 0.5) is 10.5 Å². The number of rotatable bonds is 4. The molecule has 0 spiro atoms. The van der Waals surface area contributed by atoms with Gasteiger partial charge in [0.25, 0.3) is 5.24 Å². The van der Waals surface area contributed by atoms with Crippen LogP contribution < -0.4 is 5.32 Å². The lowest BCUT2D eigenvalue weighted by atomic mass is 10.2. The summed E-state index contributed by atoms with van der Waals surface area (Å²) in [7, 11) is 0. The zero-order chi connectivity index (χ0) is 15.2. The van der Waals surface area contributed by atoms with Gasteiger partial charge in [-0.2, -0.15) is 0 Å². The molecule has 1 aromatic carbocycles. The topological polar surface area (TPSA) is 81.2 Å². The molecule has 0 fully saturated rings. The Labute approximate surface area is 126 Å². The van der Waals surface area contributed by atoms with E-state index in [4.69, 9.17) is 16.3 Å². The third-order valence-corrected chi connectivity index (χ3v) is 2.78. The largest absolute Gasteiger partial charge is 0.444 e. The quantitative estimate of drug-likeness (QED) is 0.878. The van der Waals surface area contributed by atoms with Gasteiger partial charge in [-0.05, 0) is 24.1 Å². The van der Waals surface area contributed by atoms with Crippen LogP contribution in [0.1, 0.15) is 21.7 Å². The van der Waals surface area contributed by atoms with Crippen LogP contribution in [0.5, 0.6) is 0 Å². The second-order valence-electron chi connectivity index (χ2n) is 4.09. The first-order chi connectivity index (χ1) is 10.1. The maximum atomic E-state index is 11.8. The SMILES string of the molecule is Cc1n[c]nc(C(=O)Cl)c1NC(=O)OCc1ccccc1. The molecule has 0 aliphatic rings. The minimum atomic E-state index is -0.810. The summed E-state index contributed by atoms with van der Waals surface area (Å²) in [6, 6.07) is 9.19. The zero-order valence-electron chi connectivity index (χ0n) is 11.1. The summed E-state index contributed by atoms with van der Waals surface area (Å²) < 4.78 is 5.05. The summed E-state index contributed by atoms with van der Waals surface area (Å²) in [5.41, 5.74) is 1.20. The van der Waals surface area contributed by atoms with Gasteiger partial charge >= 0.3 is 6.09 Å². The highest BCUT2D eigenvalue weighted by Crippen LogP contribution is 2.18. The molecule has 6 nitrogen and oxygen atoms in total. The van der Waals surface area contributed by atoms with Gasteiger partial charge in [-0.1, -0.05) is 30.3 Å². The number of amides is 1. The van der Waals surface area contributed by atoms with Crippen molar-refractivity contribution in [3.63, 3.8) is 0 Å². The maximum Gasteiger partial charge on any atom is 0.412 e. The van der Waals surface area contributed by atoms with Crippen molar-refractivity contribution < 1.29 is 14.3 Å². The molecule has 1 heterocycles. The van der Waals surface area contributed by atoms with E-state index in [0.29, 0.717) is 5.69 Å². The normalized spacial score (nSPS) is 10.0. The van der Waals surface area contributed by atoms with Crippen LogP contribution in [0, 0.1) is 13.3 Å². The number of benzene rings is 1. The first-order valence-electron chi connectivity index (χ1n) is 6.00. The van der Waals surface area contributed by atoms with Crippen LogP contribution >= 0.6 is 11.6 Å². The minimum absolute atomic E-state index is 0.107. The number of aromatic nitrogens is 2. The molecule has 21 heavy (non-hydrogen) atoms. The van der Waals surface area contributed by atoms with Crippen LogP contribution in [0.3, 0.4) is 0 Å². The Morgan fingerprint density at radius 1 is 1.29 bits per heavy atom. The van der Waals surface area contributed by atoms with Gasteiger partial charge in [0, 0.05) is 0 Å². The number of ether oxygens (including phenoxy) is 1. The number of carbonyl (C=O) groups is 2. The molecule has 1 amide bonds.